The number of rotatable bonds is 4. The summed E-state index contributed by atoms with van der Waals surface area (Å²) in [5.74, 6) is -0.439. The van der Waals surface area contributed by atoms with E-state index < -0.39 is 5.76 Å². The molecule has 0 spiro atoms. The number of aromatic amines is 1. The van der Waals surface area contributed by atoms with Crippen molar-refractivity contribution < 1.29 is 9.52 Å². The van der Waals surface area contributed by atoms with Crippen molar-refractivity contribution in [3.8, 4) is 0 Å². The van der Waals surface area contributed by atoms with Crippen molar-refractivity contribution in [3.63, 3.8) is 0 Å². The number of likely N-dealkylation sites (N-methyl/N-ethyl adjacent to an activating group) is 1. The van der Waals surface area contributed by atoms with Crippen molar-refractivity contribution >= 4 is 11.1 Å². The van der Waals surface area contributed by atoms with Gasteiger partial charge in [0, 0.05) is 12.1 Å². The highest BCUT2D eigenvalue weighted by molar-refractivity contribution is 5.72. The van der Waals surface area contributed by atoms with Crippen molar-refractivity contribution in [2.45, 2.75) is 25.9 Å². The summed E-state index contributed by atoms with van der Waals surface area (Å²) in [6.45, 7) is 4.74. The molecule has 98 valence electrons. The number of benzene rings is 1. The molecule has 0 aliphatic heterocycles. The molecule has 18 heavy (non-hydrogen) atoms. The van der Waals surface area contributed by atoms with Crippen LogP contribution in [0.15, 0.2) is 27.4 Å². The Hall–Kier alpha value is -1.59. The van der Waals surface area contributed by atoms with E-state index in [1.54, 1.807) is 6.07 Å². The normalized spacial score (nSPS) is 12.5. The Morgan fingerprint density at radius 3 is 2.83 bits per heavy atom. The topological polar surface area (TPSA) is 69.5 Å². The molecule has 0 unspecified atom stereocenters. The third kappa shape index (κ3) is 2.47. The molecular formula is C13H18N2O3. The van der Waals surface area contributed by atoms with Crippen LogP contribution in [-0.4, -0.2) is 34.2 Å². The van der Waals surface area contributed by atoms with E-state index in [1.807, 2.05) is 33.0 Å². The molecule has 1 heterocycles. The van der Waals surface area contributed by atoms with Crippen LogP contribution in [0.3, 0.4) is 0 Å². The molecular weight excluding hydrogens is 232 g/mol. The standard InChI is InChI=1S/C13H18N2O3/c1-13(2,8-16)15(3)7-9-4-5-11-10(6-9)14-12(17)18-11/h4-6,16H,7-8H2,1-3H3,(H,14,17). The number of fused-ring (bicyclic) bond motifs is 1. The first-order valence-corrected chi connectivity index (χ1v) is 5.86. The fraction of sp³-hybridized carbons (Fsp3) is 0.462. The number of hydrogen-bond acceptors (Lipinski definition) is 4. The molecule has 0 amide bonds. The zero-order valence-corrected chi connectivity index (χ0v) is 10.9. The Labute approximate surface area is 105 Å². The zero-order chi connectivity index (χ0) is 13.3. The lowest BCUT2D eigenvalue weighted by Crippen LogP contribution is -2.43. The molecule has 0 radical (unpaired) electrons. The fourth-order valence-corrected chi connectivity index (χ4v) is 1.71. The Balaban J connectivity index is 2.24. The third-order valence-corrected chi connectivity index (χ3v) is 3.32. The van der Waals surface area contributed by atoms with Crippen LogP contribution < -0.4 is 5.76 Å². The fourth-order valence-electron chi connectivity index (χ4n) is 1.71. The van der Waals surface area contributed by atoms with Crippen LogP contribution in [0.25, 0.3) is 11.1 Å². The van der Waals surface area contributed by atoms with Gasteiger partial charge in [-0.3, -0.25) is 9.88 Å². The van der Waals surface area contributed by atoms with Crippen LogP contribution in [0.1, 0.15) is 19.4 Å². The first-order chi connectivity index (χ1) is 8.42. The molecule has 2 rings (SSSR count). The van der Waals surface area contributed by atoms with Crippen LogP contribution in [0.4, 0.5) is 0 Å². The van der Waals surface area contributed by atoms with Crippen LogP contribution >= 0.6 is 0 Å². The highest BCUT2D eigenvalue weighted by atomic mass is 16.4. The van der Waals surface area contributed by atoms with Gasteiger partial charge >= 0.3 is 5.76 Å². The molecule has 1 aromatic carbocycles. The number of oxazole rings is 1. The summed E-state index contributed by atoms with van der Waals surface area (Å²) in [6, 6.07) is 5.59. The molecule has 1 aromatic heterocycles. The first kappa shape index (κ1) is 12.9. The predicted molar refractivity (Wildman–Crippen MR) is 69.5 cm³/mol. The van der Waals surface area contributed by atoms with E-state index in [9.17, 15) is 9.90 Å². The van der Waals surface area contributed by atoms with E-state index in [4.69, 9.17) is 4.42 Å². The summed E-state index contributed by atoms with van der Waals surface area (Å²) in [5, 5.41) is 9.31. The van der Waals surface area contributed by atoms with Crippen molar-refractivity contribution in [3.05, 3.63) is 34.3 Å². The van der Waals surface area contributed by atoms with Gasteiger partial charge in [0.1, 0.15) is 0 Å². The number of hydrogen-bond donors (Lipinski definition) is 2. The predicted octanol–water partition coefficient (Wildman–Crippen LogP) is 1.32. The monoisotopic (exact) mass is 250 g/mol. The number of nitrogens with zero attached hydrogens (tertiary/aromatic N) is 1. The Morgan fingerprint density at radius 2 is 2.17 bits per heavy atom. The number of aliphatic hydroxyl groups excluding tert-OH is 1. The lowest BCUT2D eigenvalue weighted by Gasteiger charge is -2.33. The molecule has 0 bridgehead atoms. The van der Waals surface area contributed by atoms with E-state index in [0.717, 1.165) is 5.56 Å². The molecule has 2 N–H and O–H groups in total. The summed E-state index contributed by atoms with van der Waals surface area (Å²) >= 11 is 0. The van der Waals surface area contributed by atoms with Crippen molar-refractivity contribution in [2.24, 2.45) is 0 Å². The van der Waals surface area contributed by atoms with Gasteiger partial charge in [-0.15, -0.1) is 0 Å². The minimum absolute atomic E-state index is 0.0916. The van der Waals surface area contributed by atoms with Gasteiger partial charge in [0.2, 0.25) is 0 Å². The van der Waals surface area contributed by atoms with E-state index in [0.29, 0.717) is 17.6 Å². The Morgan fingerprint density at radius 1 is 1.44 bits per heavy atom. The molecule has 0 aliphatic carbocycles. The first-order valence-electron chi connectivity index (χ1n) is 5.86. The minimum Gasteiger partial charge on any atom is -0.408 e. The highest BCUT2D eigenvalue weighted by Gasteiger charge is 2.22. The van der Waals surface area contributed by atoms with Gasteiger partial charge in [-0.05, 0) is 38.6 Å². The number of aromatic nitrogens is 1. The van der Waals surface area contributed by atoms with Crippen LogP contribution in [0.5, 0.6) is 0 Å². The molecule has 0 saturated heterocycles. The highest BCUT2D eigenvalue weighted by Crippen LogP contribution is 2.18. The van der Waals surface area contributed by atoms with E-state index in [-0.39, 0.29) is 12.1 Å². The van der Waals surface area contributed by atoms with Gasteiger partial charge < -0.3 is 9.52 Å². The van der Waals surface area contributed by atoms with Crippen LogP contribution in [0, 0.1) is 0 Å². The number of nitrogens with one attached hydrogen (secondary N) is 1. The largest absolute Gasteiger partial charge is 0.417 e. The van der Waals surface area contributed by atoms with Crippen molar-refractivity contribution in [2.75, 3.05) is 13.7 Å². The van der Waals surface area contributed by atoms with Gasteiger partial charge in [0.15, 0.2) is 5.58 Å². The Bertz CT molecular complexity index is 598. The SMILES string of the molecule is CN(Cc1ccc2oc(=O)[nH]c2c1)C(C)(C)CO. The van der Waals surface area contributed by atoms with E-state index >= 15 is 0 Å². The average Bonchev–Trinajstić information content (AvgIpc) is 2.68. The van der Waals surface area contributed by atoms with Gasteiger partial charge in [0.25, 0.3) is 0 Å². The molecule has 0 aliphatic rings. The summed E-state index contributed by atoms with van der Waals surface area (Å²) in [6.07, 6.45) is 0. The maximum absolute atomic E-state index is 11.1. The molecule has 5 heteroatoms. The summed E-state index contributed by atoms with van der Waals surface area (Å²) in [4.78, 5) is 15.8. The second kappa shape index (κ2) is 4.59. The van der Waals surface area contributed by atoms with Gasteiger partial charge in [-0.2, -0.15) is 0 Å². The molecule has 0 saturated carbocycles. The lowest BCUT2D eigenvalue weighted by atomic mass is 10.0. The number of aliphatic hydroxyl groups is 1. The maximum atomic E-state index is 11.1. The summed E-state index contributed by atoms with van der Waals surface area (Å²) < 4.78 is 4.95. The van der Waals surface area contributed by atoms with Gasteiger partial charge in [-0.1, -0.05) is 6.07 Å². The molecule has 0 atom stereocenters. The maximum Gasteiger partial charge on any atom is 0.417 e. The second-order valence-electron chi connectivity index (χ2n) is 5.17. The molecule has 2 aromatic rings. The zero-order valence-electron chi connectivity index (χ0n) is 10.9. The van der Waals surface area contributed by atoms with E-state index in [2.05, 4.69) is 9.88 Å². The quantitative estimate of drug-likeness (QED) is 0.858. The minimum atomic E-state index is -0.439. The second-order valence-corrected chi connectivity index (χ2v) is 5.17. The molecule has 5 nitrogen and oxygen atoms in total. The lowest BCUT2D eigenvalue weighted by molar-refractivity contribution is 0.0734. The summed E-state index contributed by atoms with van der Waals surface area (Å²) in [7, 11) is 1.96. The van der Waals surface area contributed by atoms with Crippen molar-refractivity contribution in [1.82, 2.24) is 9.88 Å². The third-order valence-electron chi connectivity index (χ3n) is 3.32. The number of H-pyrrole nitrogens is 1. The Kier molecular flexibility index (Phi) is 3.28. The van der Waals surface area contributed by atoms with Crippen molar-refractivity contribution in [1.29, 1.82) is 0 Å². The van der Waals surface area contributed by atoms with E-state index in [1.165, 1.54) is 0 Å². The van der Waals surface area contributed by atoms with Crippen LogP contribution in [0.2, 0.25) is 0 Å². The summed E-state index contributed by atoms with van der Waals surface area (Å²) in [5.41, 5.74) is 2.04. The van der Waals surface area contributed by atoms with Crippen LogP contribution in [-0.2, 0) is 6.54 Å². The molecule has 0 fully saturated rings. The smallest absolute Gasteiger partial charge is 0.408 e. The van der Waals surface area contributed by atoms with Gasteiger partial charge in [-0.25, -0.2) is 4.79 Å². The average molecular weight is 250 g/mol. The van der Waals surface area contributed by atoms with Gasteiger partial charge in [0.05, 0.1) is 12.1 Å².